The summed E-state index contributed by atoms with van der Waals surface area (Å²) in [6.45, 7) is 4.33. The summed E-state index contributed by atoms with van der Waals surface area (Å²) >= 11 is 0. The van der Waals surface area contributed by atoms with E-state index in [9.17, 15) is 5.26 Å². The maximum absolute atomic E-state index is 9.21. The van der Waals surface area contributed by atoms with E-state index in [0.717, 1.165) is 6.42 Å². The van der Waals surface area contributed by atoms with Crippen LogP contribution in [0.25, 0.3) is 0 Å². The van der Waals surface area contributed by atoms with Crippen LogP contribution in [0.15, 0.2) is 24.3 Å². The molecule has 0 aliphatic carbocycles. The van der Waals surface area contributed by atoms with E-state index in [1.165, 1.54) is 24.0 Å². The van der Waals surface area contributed by atoms with Crippen LogP contribution in [0.3, 0.4) is 0 Å². The molecule has 0 radical (unpaired) electrons. The number of hydrogen-bond acceptors (Lipinski definition) is 2. The Kier molecular flexibility index (Phi) is 5.88. The minimum Gasteiger partial charge on any atom is -0.294 e. The summed E-state index contributed by atoms with van der Waals surface area (Å²) in [5, 5.41) is 9.21. The molecule has 0 saturated heterocycles. The zero-order valence-corrected chi connectivity index (χ0v) is 12.0. The van der Waals surface area contributed by atoms with Gasteiger partial charge in [-0.05, 0) is 38.1 Å². The van der Waals surface area contributed by atoms with Gasteiger partial charge in [-0.25, -0.2) is 0 Å². The Morgan fingerprint density at radius 2 is 1.83 bits per heavy atom. The van der Waals surface area contributed by atoms with Crippen LogP contribution >= 0.6 is 0 Å². The third-order valence-electron chi connectivity index (χ3n) is 3.49. The lowest BCUT2D eigenvalue weighted by atomic mass is 9.92. The molecule has 2 unspecified atom stereocenters. The van der Waals surface area contributed by atoms with E-state index >= 15 is 0 Å². The average Bonchev–Trinajstić information content (AvgIpc) is 2.37. The molecule has 0 spiro atoms. The van der Waals surface area contributed by atoms with Crippen molar-refractivity contribution < 1.29 is 0 Å². The number of unbranched alkanes of at least 4 members (excludes halogenated alkanes) is 1. The van der Waals surface area contributed by atoms with E-state index in [0.29, 0.717) is 0 Å². The molecular weight excluding hydrogens is 220 g/mol. The van der Waals surface area contributed by atoms with Crippen LogP contribution in [0.2, 0.25) is 0 Å². The molecule has 0 aliphatic heterocycles. The molecule has 2 heteroatoms. The van der Waals surface area contributed by atoms with Crippen LogP contribution in [0.1, 0.15) is 43.7 Å². The van der Waals surface area contributed by atoms with E-state index in [4.69, 9.17) is 0 Å². The van der Waals surface area contributed by atoms with E-state index in [1.807, 2.05) is 19.0 Å². The van der Waals surface area contributed by atoms with Crippen molar-refractivity contribution in [3.63, 3.8) is 0 Å². The van der Waals surface area contributed by atoms with Gasteiger partial charge in [-0.3, -0.25) is 4.90 Å². The summed E-state index contributed by atoms with van der Waals surface area (Å²) in [6.07, 6.45) is 3.63. The van der Waals surface area contributed by atoms with E-state index < -0.39 is 0 Å². The van der Waals surface area contributed by atoms with E-state index in [2.05, 4.69) is 44.2 Å². The summed E-state index contributed by atoms with van der Waals surface area (Å²) < 4.78 is 0. The van der Waals surface area contributed by atoms with Gasteiger partial charge in [0.1, 0.15) is 6.04 Å². The van der Waals surface area contributed by atoms with Gasteiger partial charge >= 0.3 is 0 Å². The highest BCUT2D eigenvalue weighted by atomic mass is 15.1. The number of likely N-dealkylation sites (N-methyl/N-ethyl adjacent to an activating group) is 1. The molecule has 0 N–H and O–H groups in total. The van der Waals surface area contributed by atoms with Crippen molar-refractivity contribution in [2.24, 2.45) is 0 Å². The van der Waals surface area contributed by atoms with Gasteiger partial charge in [0, 0.05) is 5.92 Å². The van der Waals surface area contributed by atoms with Gasteiger partial charge in [-0.1, -0.05) is 44.5 Å². The van der Waals surface area contributed by atoms with Crippen LogP contribution in [-0.4, -0.2) is 25.0 Å². The molecule has 18 heavy (non-hydrogen) atoms. The quantitative estimate of drug-likeness (QED) is 0.764. The van der Waals surface area contributed by atoms with Gasteiger partial charge < -0.3 is 0 Å². The van der Waals surface area contributed by atoms with Crippen molar-refractivity contribution in [2.75, 3.05) is 14.1 Å². The molecule has 0 bridgehead atoms. The third kappa shape index (κ3) is 3.85. The van der Waals surface area contributed by atoms with Gasteiger partial charge in [0.2, 0.25) is 0 Å². The number of nitrogens with zero attached hydrogens (tertiary/aromatic N) is 2. The molecule has 0 aliphatic rings. The lowest BCUT2D eigenvalue weighted by Crippen LogP contribution is -2.31. The largest absolute Gasteiger partial charge is 0.294 e. The zero-order chi connectivity index (χ0) is 13.5. The predicted octanol–water partition coefficient (Wildman–Crippen LogP) is 3.59. The molecular formula is C16H24N2. The average molecular weight is 244 g/mol. The lowest BCUT2D eigenvalue weighted by Gasteiger charge is -2.24. The zero-order valence-electron chi connectivity index (χ0n) is 12.0. The Bertz CT molecular complexity index is 387. The number of hydrogen-bond donors (Lipinski definition) is 0. The Labute approximate surface area is 111 Å². The molecule has 1 aromatic rings. The summed E-state index contributed by atoms with van der Waals surface area (Å²) in [5.41, 5.74) is 2.64. The van der Waals surface area contributed by atoms with Gasteiger partial charge in [0.25, 0.3) is 0 Å². The lowest BCUT2D eigenvalue weighted by molar-refractivity contribution is 0.316. The molecule has 0 heterocycles. The first-order valence-corrected chi connectivity index (χ1v) is 6.75. The summed E-state index contributed by atoms with van der Waals surface area (Å²) in [6, 6.07) is 11.1. The first-order chi connectivity index (χ1) is 8.60. The molecule has 2 atom stereocenters. The van der Waals surface area contributed by atoms with Gasteiger partial charge in [-0.2, -0.15) is 5.26 Å². The third-order valence-corrected chi connectivity index (χ3v) is 3.49. The molecule has 2 nitrogen and oxygen atoms in total. The fourth-order valence-corrected chi connectivity index (χ4v) is 2.23. The number of nitriles is 1. The van der Waals surface area contributed by atoms with E-state index in [1.54, 1.807) is 0 Å². The number of rotatable bonds is 6. The first-order valence-electron chi connectivity index (χ1n) is 6.75. The Morgan fingerprint density at radius 1 is 1.22 bits per heavy atom. The van der Waals surface area contributed by atoms with Crippen molar-refractivity contribution in [2.45, 2.75) is 45.1 Å². The molecule has 1 rings (SSSR count). The Hall–Kier alpha value is -1.33. The SMILES string of the molecule is CCCCc1ccc(C(C)C(C#N)N(C)C)cc1. The van der Waals surface area contributed by atoms with Gasteiger partial charge in [0.15, 0.2) is 0 Å². The van der Waals surface area contributed by atoms with Crippen molar-refractivity contribution in [3.8, 4) is 6.07 Å². The topological polar surface area (TPSA) is 27.0 Å². The van der Waals surface area contributed by atoms with Crippen LogP contribution in [-0.2, 0) is 6.42 Å². The molecule has 0 amide bonds. The molecule has 0 aromatic heterocycles. The van der Waals surface area contributed by atoms with Crippen LogP contribution in [0, 0.1) is 11.3 Å². The summed E-state index contributed by atoms with van der Waals surface area (Å²) in [5.74, 6) is 0.241. The standard InChI is InChI=1S/C16H24N2/c1-5-6-7-14-8-10-15(11-9-14)13(2)16(12-17)18(3)4/h8-11,13,16H,5-7H2,1-4H3. The maximum atomic E-state index is 9.21. The van der Waals surface area contributed by atoms with Crippen LogP contribution in [0.4, 0.5) is 0 Å². The highest BCUT2D eigenvalue weighted by Gasteiger charge is 2.20. The number of aryl methyl sites for hydroxylation is 1. The second-order valence-corrected chi connectivity index (χ2v) is 5.17. The van der Waals surface area contributed by atoms with E-state index in [-0.39, 0.29) is 12.0 Å². The Morgan fingerprint density at radius 3 is 2.28 bits per heavy atom. The normalized spacial score (nSPS) is 14.2. The smallest absolute Gasteiger partial charge is 0.104 e. The molecule has 98 valence electrons. The fraction of sp³-hybridized carbons (Fsp3) is 0.562. The van der Waals surface area contributed by atoms with Crippen molar-refractivity contribution in [3.05, 3.63) is 35.4 Å². The monoisotopic (exact) mass is 244 g/mol. The van der Waals surface area contributed by atoms with Gasteiger partial charge in [-0.15, -0.1) is 0 Å². The summed E-state index contributed by atoms with van der Waals surface area (Å²) in [4.78, 5) is 1.98. The minimum atomic E-state index is -0.0634. The van der Waals surface area contributed by atoms with Crippen LogP contribution in [0.5, 0.6) is 0 Å². The highest BCUT2D eigenvalue weighted by molar-refractivity contribution is 5.27. The summed E-state index contributed by atoms with van der Waals surface area (Å²) in [7, 11) is 3.92. The van der Waals surface area contributed by atoms with Gasteiger partial charge in [0.05, 0.1) is 6.07 Å². The number of benzene rings is 1. The fourth-order valence-electron chi connectivity index (χ4n) is 2.23. The highest BCUT2D eigenvalue weighted by Crippen LogP contribution is 2.22. The van der Waals surface area contributed by atoms with Crippen molar-refractivity contribution >= 4 is 0 Å². The van der Waals surface area contributed by atoms with Crippen molar-refractivity contribution in [1.82, 2.24) is 4.90 Å². The van der Waals surface area contributed by atoms with Crippen LogP contribution < -0.4 is 0 Å². The Balaban J connectivity index is 2.75. The predicted molar refractivity (Wildman–Crippen MR) is 76.6 cm³/mol. The molecule has 0 saturated carbocycles. The maximum Gasteiger partial charge on any atom is 0.104 e. The second kappa shape index (κ2) is 7.18. The van der Waals surface area contributed by atoms with Crippen molar-refractivity contribution in [1.29, 1.82) is 5.26 Å². The molecule has 1 aromatic carbocycles. The molecule has 0 fully saturated rings. The second-order valence-electron chi connectivity index (χ2n) is 5.17. The first kappa shape index (κ1) is 14.7. The minimum absolute atomic E-state index is 0.0634.